The van der Waals surface area contributed by atoms with Gasteiger partial charge in [0, 0.05) is 33.6 Å². The SMILES string of the molecule is Cc1ccc(C(=O)N(C(=O)c2ccc(C)cc2)c2ccc(/C=C/c3cccc(-c4ccccc4N)c3N)cc2)cc1. The Balaban J connectivity index is 1.45. The number of hydrogen-bond donors (Lipinski definition) is 2. The number of nitrogens with zero attached hydrogens (tertiary/aromatic N) is 1. The third-order valence-electron chi connectivity index (χ3n) is 7.00. The molecule has 0 fully saturated rings. The molecule has 0 bridgehead atoms. The summed E-state index contributed by atoms with van der Waals surface area (Å²) in [4.78, 5) is 28.5. The highest BCUT2D eigenvalue weighted by Gasteiger charge is 2.26. The number of carbonyl (C=O) groups is 2. The summed E-state index contributed by atoms with van der Waals surface area (Å²) in [5.74, 6) is -0.771. The highest BCUT2D eigenvalue weighted by molar-refractivity contribution is 6.25. The van der Waals surface area contributed by atoms with Crippen LogP contribution in [0.25, 0.3) is 23.3 Å². The normalized spacial score (nSPS) is 11.0. The molecule has 0 aliphatic heterocycles. The molecule has 5 aromatic carbocycles. The summed E-state index contributed by atoms with van der Waals surface area (Å²) in [5, 5.41) is 0. The number of benzene rings is 5. The topological polar surface area (TPSA) is 89.4 Å². The quantitative estimate of drug-likeness (QED) is 0.131. The molecule has 202 valence electrons. The number of nitrogens with two attached hydrogens (primary N) is 2. The Morgan fingerprint density at radius 2 is 1.12 bits per heavy atom. The number of rotatable bonds is 6. The molecule has 0 aliphatic carbocycles. The van der Waals surface area contributed by atoms with Gasteiger partial charge in [0.1, 0.15) is 0 Å². The lowest BCUT2D eigenvalue weighted by atomic mass is 9.98. The monoisotopic (exact) mass is 537 g/mol. The van der Waals surface area contributed by atoms with E-state index in [1.165, 1.54) is 4.90 Å². The molecule has 5 aromatic rings. The average Bonchev–Trinajstić information content (AvgIpc) is 2.98. The van der Waals surface area contributed by atoms with E-state index in [9.17, 15) is 9.59 Å². The molecule has 0 aromatic heterocycles. The predicted octanol–water partition coefficient (Wildman–Crippen LogP) is 7.79. The summed E-state index contributed by atoms with van der Waals surface area (Å²) in [6.45, 7) is 3.91. The minimum Gasteiger partial charge on any atom is -0.398 e. The molecule has 2 amide bonds. The number of para-hydroxylation sites is 2. The second kappa shape index (κ2) is 11.8. The van der Waals surface area contributed by atoms with Gasteiger partial charge in [-0.3, -0.25) is 9.59 Å². The second-order valence-electron chi connectivity index (χ2n) is 10.00. The van der Waals surface area contributed by atoms with Crippen LogP contribution in [-0.4, -0.2) is 11.8 Å². The van der Waals surface area contributed by atoms with Gasteiger partial charge in [0.2, 0.25) is 0 Å². The Morgan fingerprint density at radius 1 is 0.585 bits per heavy atom. The van der Waals surface area contributed by atoms with E-state index in [2.05, 4.69) is 0 Å². The van der Waals surface area contributed by atoms with Crippen LogP contribution >= 0.6 is 0 Å². The molecular weight excluding hydrogens is 506 g/mol. The predicted molar refractivity (Wildman–Crippen MR) is 170 cm³/mol. The fraction of sp³-hybridized carbons (Fsp3) is 0.0556. The second-order valence-corrected chi connectivity index (χ2v) is 10.00. The van der Waals surface area contributed by atoms with E-state index in [0.29, 0.717) is 28.2 Å². The molecule has 41 heavy (non-hydrogen) atoms. The Hall–Kier alpha value is -5.42. The van der Waals surface area contributed by atoms with Crippen LogP contribution in [0.1, 0.15) is 43.0 Å². The molecule has 0 unspecified atom stereocenters. The van der Waals surface area contributed by atoms with Crippen LogP contribution in [-0.2, 0) is 0 Å². The fourth-order valence-electron chi connectivity index (χ4n) is 4.60. The van der Waals surface area contributed by atoms with Gasteiger partial charge < -0.3 is 11.5 Å². The van der Waals surface area contributed by atoms with Gasteiger partial charge in [0.25, 0.3) is 11.8 Å². The first kappa shape index (κ1) is 27.2. The minimum absolute atomic E-state index is 0.386. The highest BCUT2D eigenvalue weighted by Crippen LogP contribution is 2.33. The molecule has 4 N–H and O–H groups in total. The van der Waals surface area contributed by atoms with Crippen molar-refractivity contribution in [1.82, 2.24) is 0 Å². The largest absolute Gasteiger partial charge is 0.398 e. The molecule has 0 radical (unpaired) electrons. The molecule has 5 heteroatoms. The van der Waals surface area contributed by atoms with Crippen molar-refractivity contribution in [3.05, 3.63) is 149 Å². The van der Waals surface area contributed by atoms with Crippen LogP contribution in [0.15, 0.2) is 115 Å². The Morgan fingerprint density at radius 3 is 1.68 bits per heavy atom. The van der Waals surface area contributed by atoms with Crippen LogP contribution in [0, 0.1) is 13.8 Å². The maximum Gasteiger partial charge on any atom is 0.265 e. The van der Waals surface area contributed by atoms with E-state index in [0.717, 1.165) is 33.4 Å². The zero-order chi connectivity index (χ0) is 28.9. The Bertz CT molecular complexity index is 1680. The molecule has 0 heterocycles. The average molecular weight is 538 g/mol. The minimum atomic E-state index is -0.386. The first-order valence-corrected chi connectivity index (χ1v) is 13.4. The third kappa shape index (κ3) is 5.94. The summed E-state index contributed by atoms with van der Waals surface area (Å²) >= 11 is 0. The number of amides is 2. The van der Waals surface area contributed by atoms with Crippen molar-refractivity contribution in [1.29, 1.82) is 0 Å². The lowest BCUT2D eigenvalue weighted by molar-refractivity contribution is 0.0897. The Kier molecular flexibility index (Phi) is 7.79. The van der Waals surface area contributed by atoms with Crippen LogP contribution in [0.3, 0.4) is 0 Å². The first-order valence-electron chi connectivity index (χ1n) is 13.4. The van der Waals surface area contributed by atoms with Gasteiger partial charge in [-0.2, -0.15) is 0 Å². The third-order valence-corrected chi connectivity index (χ3v) is 7.00. The van der Waals surface area contributed by atoms with Crippen LogP contribution in [0.5, 0.6) is 0 Å². The van der Waals surface area contributed by atoms with E-state index in [1.54, 1.807) is 36.4 Å². The highest BCUT2D eigenvalue weighted by atomic mass is 16.2. The van der Waals surface area contributed by atoms with Gasteiger partial charge in [0.15, 0.2) is 0 Å². The zero-order valence-electron chi connectivity index (χ0n) is 23.0. The lowest BCUT2D eigenvalue weighted by Gasteiger charge is -2.22. The molecule has 5 rings (SSSR count). The molecule has 0 atom stereocenters. The van der Waals surface area contributed by atoms with Crippen LogP contribution < -0.4 is 16.4 Å². The van der Waals surface area contributed by atoms with E-state index >= 15 is 0 Å². The summed E-state index contributed by atoms with van der Waals surface area (Å²) < 4.78 is 0. The standard InChI is InChI=1S/C36H31N3O2/c1-24-10-17-28(18-11-24)35(40)39(36(41)29-19-12-25(2)13-20-29)30-22-15-26(16-23-30)14-21-27-6-5-8-32(34(27)38)31-7-3-4-9-33(31)37/h3-23H,37-38H2,1-2H3/b21-14+. The van der Waals surface area contributed by atoms with Crippen molar-refractivity contribution >= 4 is 41.0 Å². The maximum absolute atomic E-state index is 13.6. The molecule has 0 saturated heterocycles. The van der Waals surface area contributed by atoms with Crippen molar-refractivity contribution in [2.75, 3.05) is 16.4 Å². The summed E-state index contributed by atoms with van der Waals surface area (Å²) in [6, 6.07) is 35.2. The van der Waals surface area contributed by atoms with Gasteiger partial charge in [-0.15, -0.1) is 0 Å². The van der Waals surface area contributed by atoms with Gasteiger partial charge in [0.05, 0.1) is 5.69 Å². The van der Waals surface area contributed by atoms with E-state index in [1.807, 2.05) is 105 Å². The van der Waals surface area contributed by atoms with Gasteiger partial charge in [-0.25, -0.2) is 4.90 Å². The number of nitrogen functional groups attached to an aromatic ring is 2. The van der Waals surface area contributed by atoms with E-state index in [4.69, 9.17) is 11.5 Å². The molecule has 0 saturated carbocycles. The Labute approximate surface area is 240 Å². The fourth-order valence-corrected chi connectivity index (χ4v) is 4.60. The summed E-state index contributed by atoms with van der Waals surface area (Å²) in [7, 11) is 0. The number of anilines is 3. The van der Waals surface area contributed by atoms with Crippen molar-refractivity contribution < 1.29 is 9.59 Å². The summed E-state index contributed by atoms with van der Waals surface area (Å²) in [6.07, 6.45) is 3.89. The van der Waals surface area contributed by atoms with Crippen LogP contribution in [0.4, 0.5) is 17.1 Å². The molecule has 5 nitrogen and oxygen atoms in total. The van der Waals surface area contributed by atoms with E-state index < -0.39 is 0 Å². The number of carbonyl (C=O) groups excluding carboxylic acids is 2. The zero-order valence-corrected chi connectivity index (χ0v) is 23.0. The number of aryl methyl sites for hydroxylation is 2. The summed E-state index contributed by atoms with van der Waals surface area (Å²) in [5.41, 5.74) is 21.0. The van der Waals surface area contributed by atoms with Gasteiger partial charge in [-0.1, -0.05) is 96.1 Å². The van der Waals surface area contributed by atoms with Crippen molar-refractivity contribution in [3.63, 3.8) is 0 Å². The smallest absolute Gasteiger partial charge is 0.265 e. The number of hydrogen-bond acceptors (Lipinski definition) is 4. The molecule has 0 aliphatic rings. The van der Waals surface area contributed by atoms with Gasteiger partial charge >= 0.3 is 0 Å². The first-order chi connectivity index (χ1) is 19.8. The van der Waals surface area contributed by atoms with Crippen molar-refractivity contribution in [2.45, 2.75) is 13.8 Å². The van der Waals surface area contributed by atoms with Crippen molar-refractivity contribution in [3.8, 4) is 11.1 Å². The number of imide groups is 1. The van der Waals surface area contributed by atoms with Crippen LogP contribution in [0.2, 0.25) is 0 Å². The van der Waals surface area contributed by atoms with Crippen molar-refractivity contribution in [2.24, 2.45) is 0 Å². The molecular formula is C36H31N3O2. The maximum atomic E-state index is 13.6. The molecule has 0 spiro atoms. The van der Waals surface area contributed by atoms with Gasteiger partial charge in [-0.05, 0) is 67.4 Å². The van der Waals surface area contributed by atoms with E-state index in [-0.39, 0.29) is 11.8 Å². The lowest BCUT2D eigenvalue weighted by Crippen LogP contribution is -2.37.